The molecule has 0 aliphatic rings. The number of pyridine rings is 1. The summed E-state index contributed by atoms with van der Waals surface area (Å²) >= 11 is 0. The maximum Gasteiger partial charge on any atom is 0.261 e. The number of ether oxygens (including phenoxy) is 1. The summed E-state index contributed by atoms with van der Waals surface area (Å²) < 4.78 is 8.14. The molecule has 0 fully saturated rings. The van der Waals surface area contributed by atoms with Gasteiger partial charge in [0.15, 0.2) is 6.20 Å². The van der Waals surface area contributed by atoms with E-state index in [1.165, 1.54) is 75.5 Å². The minimum atomic E-state index is -0.302. The Hall–Kier alpha value is -2.74. The van der Waals surface area contributed by atoms with Gasteiger partial charge < -0.3 is 28.7 Å². The van der Waals surface area contributed by atoms with Crippen LogP contribution in [0.3, 0.4) is 0 Å². The monoisotopic (exact) mass is 712 g/mol. The van der Waals surface area contributed by atoms with E-state index >= 15 is 0 Å². The standard InChI is InChI=1S/C38H53N2O3.HI/c1-4-6-7-8-9-10-11-12-13-14-15-21-29-43-35-25-26-36(32(3)30-35)38(42)40(37(41)33-22-17-16-18-23-33)31-34-24-19-20-28-39(34)27-5-2;/h16-20,22-26,28,30H,4-15,21,27,29,31H2,1-3H3;1H/q+1;/p-1. The molecule has 2 amide bonds. The first-order chi connectivity index (χ1) is 21.0. The lowest BCUT2D eigenvalue weighted by molar-refractivity contribution is -0.704. The zero-order chi connectivity index (χ0) is 30.7. The van der Waals surface area contributed by atoms with Crippen LogP contribution in [-0.2, 0) is 13.1 Å². The molecule has 44 heavy (non-hydrogen) atoms. The molecule has 5 nitrogen and oxygen atoms in total. The minimum Gasteiger partial charge on any atom is -1.00 e. The normalized spacial score (nSPS) is 10.7. The summed E-state index contributed by atoms with van der Waals surface area (Å²) in [5, 5.41) is 0. The molecule has 0 atom stereocenters. The highest BCUT2D eigenvalue weighted by Crippen LogP contribution is 2.22. The van der Waals surface area contributed by atoms with Crippen LogP contribution in [0.2, 0.25) is 0 Å². The van der Waals surface area contributed by atoms with Crippen LogP contribution in [0.5, 0.6) is 5.75 Å². The Morgan fingerprint density at radius 2 is 1.32 bits per heavy atom. The van der Waals surface area contributed by atoms with E-state index in [1.54, 1.807) is 18.2 Å². The van der Waals surface area contributed by atoms with Crippen molar-refractivity contribution in [2.75, 3.05) is 6.61 Å². The van der Waals surface area contributed by atoms with Gasteiger partial charge in [-0.3, -0.25) is 14.5 Å². The van der Waals surface area contributed by atoms with E-state index in [4.69, 9.17) is 4.74 Å². The van der Waals surface area contributed by atoms with Crippen LogP contribution in [-0.4, -0.2) is 23.3 Å². The predicted octanol–water partition coefficient (Wildman–Crippen LogP) is 6.26. The Morgan fingerprint density at radius 1 is 0.705 bits per heavy atom. The van der Waals surface area contributed by atoms with Gasteiger partial charge >= 0.3 is 0 Å². The first-order valence-corrected chi connectivity index (χ1v) is 16.7. The lowest BCUT2D eigenvalue weighted by atomic mass is 10.1. The second-order valence-corrected chi connectivity index (χ2v) is 11.7. The molecule has 0 saturated carbocycles. The highest BCUT2D eigenvalue weighted by atomic mass is 127. The van der Waals surface area contributed by atoms with Gasteiger partial charge in [-0.2, -0.15) is 0 Å². The van der Waals surface area contributed by atoms with Gasteiger partial charge in [-0.1, -0.05) is 109 Å². The van der Waals surface area contributed by atoms with Crippen LogP contribution >= 0.6 is 0 Å². The largest absolute Gasteiger partial charge is 1.00 e. The number of carbonyl (C=O) groups is 2. The van der Waals surface area contributed by atoms with Gasteiger partial charge in [0.2, 0.25) is 5.69 Å². The van der Waals surface area contributed by atoms with Gasteiger partial charge in [0.05, 0.1) is 6.61 Å². The molecule has 0 unspecified atom stereocenters. The van der Waals surface area contributed by atoms with Crippen molar-refractivity contribution in [1.82, 2.24) is 4.90 Å². The molecule has 0 radical (unpaired) electrons. The van der Waals surface area contributed by atoms with Crippen molar-refractivity contribution < 1.29 is 42.9 Å². The number of aryl methyl sites for hydroxylation is 2. The van der Waals surface area contributed by atoms with E-state index in [9.17, 15) is 9.59 Å². The number of benzene rings is 2. The lowest BCUT2D eigenvalue weighted by Gasteiger charge is -2.21. The summed E-state index contributed by atoms with van der Waals surface area (Å²) in [6, 6.07) is 20.5. The summed E-state index contributed by atoms with van der Waals surface area (Å²) in [5.74, 6) is 0.164. The van der Waals surface area contributed by atoms with Gasteiger partial charge in [0.25, 0.3) is 11.8 Å². The molecule has 6 heteroatoms. The van der Waals surface area contributed by atoms with E-state index < -0.39 is 0 Å². The number of amides is 2. The van der Waals surface area contributed by atoms with E-state index in [0.717, 1.165) is 36.4 Å². The Kier molecular flexibility index (Phi) is 18.6. The molecule has 1 aromatic heterocycles. The molecule has 0 aliphatic carbocycles. The van der Waals surface area contributed by atoms with Crippen molar-refractivity contribution in [3.63, 3.8) is 0 Å². The Balaban J connectivity index is 0.00000675. The number of hydrogen-bond acceptors (Lipinski definition) is 3. The smallest absolute Gasteiger partial charge is 0.261 e. The van der Waals surface area contributed by atoms with Crippen molar-refractivity contribution in [3.8, 4) is 5.75 Å². The molecule has 0 N–H and O–H groups in total. The van der Waals surface area contributed by atoms with Crippen molar-refractivity contribution in [3.05, 3.63) is 95.3 Å². The summed E-state index contributed by atoms with van der Waals surface area (Å²) in [6.45, 7) is 7.99. The number of imide groups is 1. The molecule has 3 aromatic rings. The third kappa shape index (κ3) is 12.7. The number of aromatic nitrogens is 1. The average molecular weight is 713 g/mol. The van der Waals surface area contributed by atoms with E-state index in [-0.39, 0.29) is 42.3 Å². The number of unbranched alkanes of at least 4 members (excludes halogenated alkanes) is 11. The topological polar surface area (TPSA) is 50.5 Å². The SMILES string of the molecule is CCCCCCCCCCCCCCOc1ccc(C(=O)N(Cc2cccc[n+]2CCC)C(=O)c2ccccc2)c(C)c1.[I-]. The second kappa shape index (κ2) is 21.9. The molecule has 1 heterocycles. The quantitative estimate of drug-likeness (QED) is 0.0602. The van der Waals surface area contributed by atoms with E-state index in [1.807, 2.05) is 61.7 Å². The Labute approximate surface area is 283 Å². The molecule has 2 aromatic carbocycles. The summed E-state index contributed by atoms with van der Waals surface area (Å²) in [7, 11) is 0. The number of carbonyl (C=O) groups excluding carboxylic acids is 2. The fourth-order valence-corrected chi connectivity index (χ4v) is 5.49. The van der Waals surface area contributed by atoms with Crippen LogP contribution < -0.4 is 33.3 Å². The third-order valence-electron chi connectivity index (χ3n) is 8.03. The zero-order valence-corrected chi connectivity index (χ0v) is 29.4. The van der Waals surface area contributed by atoms with Gasteiger partial charge in [0, 0.05) is 29.7 Å². The van der Waals surface area contributed by atoms with E-state index in [0.29, 0.717) is 17.7 Å². The molecular weight excluding hydrogens is 659 g/mol. The first kappa shape index (κ1) is 37.4. The van der Waals surface area contributed by atoms with Crippen LogP contribution in [0.1, 0.15) is 129 Å². The number of halogens is 1. The average Bonchev–Trinajstić information content (AvgIpc) is 3.03. The molecule has 0 spiro atoms. The molecular formula is C38H53IN2O3. The van der Waals surface area contributed by atoms with Gasteiger partial charge in [-0.05, 0) is 49.2 Å². The number of nitrogens with zero attached hydrogens (tertiary/aromatic N) is 2. The van der Waals surface area contributed by atoms with E-state index in [2.05, 4.69) is 18.4 Å². The van der Waals surface area contributed by atoms with Gasteiger partial charge in [0.1, 0.15) is 18.8 Å². The summed E-state index contributed by atoms with van der Waals surface area (Å²) in [4.78, 5) is 28.9. The molecule has 0 aliphatic heterocycles. The van der Waals surface area contributed by atoms with Crippen molar-refractivity contribution in [2.45, 2.75) is 117 Å². The van der Waals surface area contributed by atoms with Crippen LogP contribution in [0.15, 0.2) is 72.9 Å². The predicted molar refractivity (Wildman–Crippen MR) is 175 cm³/mol. The fourth-order valence-electron chi connectivity index (χ4n) is 5.49. The van der Waals surface area contributed by atoms with Crippen molar-refractivity contribution in [1.29, 1.82) is 0 Å². The van der Waals surface area contributed by atoms with Crippen LogP contribution in [0, 0.1) is 6.92 Å². The maximum absolute atomic E-state index is 13.9. The fraction of sp³-hybridized carbons (Fsp3) is 0.500. The second-order valence-electron chi connectivity index (χ2n) is 11.7. The first-order valence-electron chi connectivity index (χ1n) is 16.7. The van der Waals surface area contributed by atoms with Crippen molar-refractivity contribution >= 4 is 11.8 Å². The molecule has 240 valence electrons. The highest BCUT2D eigenvalue weighted by Gasteiger charge is 2.28. The van der Waals surface area contributed by atoms with Crippen LogP contribution in [0.4, 0.5) is 0 Å². The molecule has 3 rings (SSSR count). The molecule has 0 bridgehead atoms. The summed E-state index contributed by atoms with van der Waals surface area (Å²) in [6.07, 6.45) is 18.7. The van der Waals surface area contributed by atoms with Crippen molar-refractivity contribution in [2.24, 2.45) is 0 Å². The summed E-state index contributed by atoms with van der Waals surface area (Å²) in [5.41, 5.74) is 2.73. The Bertz CT molecular complexity index is 1250. The number of rotatable bonds is 20. The Morgan fingerprint density at radius 3 is 1.93 bits per heavy atom. The maximum atomic E-state index is 13.9. The van der Waals surface area contributed by atoms with Crippen LogP contribution in [0.25, 0.3) is 0 Å². The molecule has 0 saturated heterocycles. The third-order valence-corrected chi connectivity index (χ3v) is 8.03. The number of hydrogen-bond donors (Lipinski definition) is 0. The lowest BCUT2D eigenvalue weighted by Crippen LogP contribution is -3.00. The minimum absolute atomic E-state index is 0. The zero-order valence-electron chi connectivity index (χ0n) is 27.2. The highest BCUT2D eigenvalue weighted by molar-refractivity contribution is 6.10. The van der Waals surface area contributed by atoms with Gasteiger partial charge in [-0.15, -0.1) is 0 Å². The van der Waals surface area contributed by atoms with Gasteiger partial charge in [-0.25, -0.2) is 4.57 Å².